The fourth-order valence-electron chi connectivity index (χ4n) is 1.75. The number of hydrogen-bond donors (Lipinski definition) is 2. The topological polar surface area (TPSA) is 87.4 Å². The maximum atomic E-state index is 11.8. The van der Waals surface area contributed by atoms with Gasteiger partial charge in [0.05, 0.1) is 6.54 Å². The molecular weight excluding hydrogens is 282 g/mol. The lowest BCUT2D eigenvalue weighted by molar-refractivity contribution is -0.128. The van der Waals surface area contributed by atoms with Crippen molar-refractivity contribution < 1.29 is 4.79 Å². The molecule has 0 saturated heterocycles. The van der Waals surface area contributed by atoms with Gasteiger partial charge in [-0.3, -0.25) is 14.5 Å². The zero-order chi connectivity index (χ0) is 16.8. The first-order valence-corrected chi connectivity index (χ1v) is 7.28. The molecule has 0 saturated carbocycles. The van der Waals surface area contributed by atoms with E-state index >= 15 is 0 Å². The molecule has 8 nitrogen and oxygen atoms in total. The highest BCUT2D eigenvalue weighted by atomic mass is 16.2. The fourth-order valence-corrected chi connectivity index (χ4v) is 1.75. The minimum atomic E-state index is -0.371. The van der Waals surface area contributed by atoms with Crippen molar-refractivity contribution in [2.45, 2.75) is 27.3 Å². The van der Waals surface area contributed by atoms with Crippen LogP contribution in [0.5, 0.6) is 0 Å². The highest BCUT2D eigenvalue weighted by Crippen LogP contribution is 2.11. The second kappa shape index (κ2) is 7.77. The Labute approximate surface area is 132 Å². The van der Waals surface area contributed by atoms with E-state index < -0.39 is 0 Å². The van der Waals surface area contributed by atoms with Gasteiger partial charge in [-0.25, -0.2) is 4.98 Å². The Balaban J connectivity index is 2.39. The largest absolute Gasteiger partial charge is 0.354 e. The van der Waals surface area contributed by atoms with Crippen molar-refractivity contribution in [1.29, 1.82) is 0 Å². The molecular formula is C14H27N7O. The molecule has 0 radical (unpaired) electrons. The van der Waals surface area contributed by atoms with Crippen LogP contribution in [-0.2, 0) is 18.4 Å². The van der Waals surface area contributed by atoms with Crippen LogP contribution in [0, 0.1) is 5.41 Å². The van der Waals surface area contributed by atoms with Crippen molar-refractivity contribution in [2.75, 3.05) is 27.2 Å². The number of carbonyl (C=O) groups is 1. The predicted octanol–water partition coefficient (Wildman–Crippen LogP) is -0.0154. The highest BCUT2D eigenvalue weighted by Gasteiger charge is 2.20. The number of rotatable bonds is 5. The van der Waals surface area contributed by atoms with Crippen molar-refractivity contribution >= 4 is 11.9 Å². The molecule has 0 aliphatic heterocycles. The average molecular weight is 309 g/mol. The summed E-state index contributed by atoms with van der Waals surface area (Å²) in [5.74, 6) is 1.64. The molecule has 0 unspecified atom stereocenters. The second-order valence-electron chi connectivity index (χ2n) is 6.14. The SMILES string of the molecule is CN=C(NCCNC(=O)C(C)(C)C)N(C)Cc1ncnn1C. The number of aromatic nitrogens is 3. The van der Waals surface area contributed by atoms with Crippen molar-refractivity contribution in [3.05, 3.63) is 12.2 Å². The van der Waals surface area contributed by atoms with Crippen molar-refractivity contribution in [1.82, 2.24) is 30.3 Å². The number of carbonyl (C=O) groups excluding carboxylic acids is 1. The number of nitrogens with one attached hydrogen (secondary N) is 2. The van der Waals surface area contributed by atoms with E-state index in [9.17, 15) is 4.79 Å². The second-order valence-corrected chi connectivity index (χ2v) is 6.14. The smallest absolute Gasteiger partial charge is 0.225 e. The van der Waals surface area contributed by atoms with E-state index in [1.807, 2.05) is 39.8 Å². The summed E-state index contributed by atoms with van der Waals surface area (Å²) >= 11 is 0. The van der Waals surface area contributed by atoms with Gasteiger partial charge >= 0.3 is 0 Å². The quantitative estimate of drug-likeness (QED) is 0.454. The van der Waals surface area contributed by atoms with Crippen LogP contribution in [0.3, 0.4) is 0 Å². The van der Waals surface area contributed by atoms with Gasteiger partial charge in [-0.1, -0.05) is 20.8 Å². The van der Waals surface area contributed by atoms with Gasteiger partial charge in [-0.15, -0.1) is 0 Å². The third-order valence-electron chi connectivity index (χ3n) is 3.13. The van der Waals surface area contributed by atoms with Gasteiger partial charge < -0.3 is 15.5 Å². The Bertz CT molecular complexity index is 516. The molecule has 1 aromatic heterocycles. The Kier molecular flexibility index (Phi) is 6.33. The number of hydrogen-bond acceptors (Lipinski definition) is 4. The third-order valence-corrected chi connectivity index (χ3v) is 3.13. The van der Waals surface area contributed by atoms with E-state index in [0.717, 1.165) is 11.8 Å². The normalized spacial score (nSPS) is 12.2. The van der Waals surface area contributed by atoms with E-state index in [2.05, 4.69) is 25.7 Å². The zero-order valence-corrected chi connectivity index (χ0v) is 14.3. The molecule has 0 aliphatic carbocycles. The molecule has 8 heteroatoms. The van der Waals surface area contributed by atoms with Crippen molar-refractivity contribution in [3.8, 4) is 0 Å². The van der Waals surface area contributed by atoms with Gasteiger partial charge in [0.15, 0.2) is 5.96 Å². The summed E-state index contributed by atoms with van der Waals surface area (Å²) in [6.07, 6.45) is 1.53. The number of aryl methyl sites for hydroxylation is 1. The first-order valence-electron chi connectivity index (χ1n) is 7.28. The van der Waals surface area contributed by atoms with Crippen LogP contribution in [0.2, 0.25) is 0 Å². The maximum Gasteiger partial charge on any atom is 0.225 e. The standard InChI is InChI=1S/C14H27N7O/c1-14(2,3)12(22)16-7-8-17-13(15-4)20(5)9-11-18-10-19-21(11)6/h10H,7-9H2,1-6H3,(H,15,17)(H,16,22). The molecule has 0 fully saturated rings. The predicted molar refractivity (Wildman–Crippen MR) is 86.3 cm³/mol. The minimum absolute atomic E-state index is 0.0386. The summed E-state index contributed by atoms with van der Waals surface area (Å²) in [7, 11) is 5.51. The van der Waals surface area contributed by atoms with Gasteiger partial charge in [0.2, 0.25) is 5.91 Å². The molecule has 22 heavy (non-hydrogen) atoms. The van der Waals surface area contributed by atoms with E-state index in [4.69, 9.17) is 0 Å². The van der Waals surface area contributed by atoms with Crippen LogP contribution in [0.15, 0.2) is 11.3 Å². The summed E-state index contributed by atoms with van der Waals surface area (Å²) in [5, 5.41) is 10.1. The lowest BCUT2D eigenvalue weighted by Gasteiger charge is -2.22. The van der Waals surface area contributed by atoms with Crippen LogP contribution in [-0.4, -0.2) is 58.7 Å². The lowest BCUT2D eigenvalue weighted by Crippen LogP contribution is -2.44. The highest BCUT2D eigenvalue weighted by molar-refractivity contribution is 5.81. The average Bonchev–Trinajstić information content (AvgIpc) is 2.82. The van der Waals surface area contributed by atoms with Crippen LogP contribution in [0.4, 0.5) is 0 Å². The molecule has 124 valence electrons. The van der Waals surface area contributed by atoms with E-state index in [1.165, 1.54) is 6.33 Å². The summed E-state index contributed by atoms with van der Waals surface area (Å²) in [4.78, 5) is 22.1. The minimum Gasteiger partial charge on any atom is -0.354 e. The third kappa shape index (κ3) is 5.34. The van der Waals surface area contributed by atoms with E-state index in [1.54, 1.807) is 11.7 Å². The Morgan fingerprint density at radius 1 is 1.36 bits per heavy atom. The molecule has 1 aromatic rings. The first-order chi connectivity index (χ1) is 10.3. The molecule has 1 heterocycles. The lowest BCUT2D eigenvalue weighted by atomic mass is 9.96. The number of amides is 1. The molecule has 0 atom stereocenters. The van der Waals surface area contributed by atoms with E-state index in [-0.39, 0.29) is 11.3 Å². The van der Waals surface area contributed by atoms with Gasteiger partial charge in [0, 0.05) is 39.6 Å². The molecule has 0 bridgehead atoms. The van der Waals surface area contributed by atoms with Gasteiger partial charge in [0.25, 0.3) is 0 Å². The maximum absolute atomic E-state index is 11.8. The number of aliphatic imine (C=N–C) groups is 1. The Hall–Kier alpha value is -2.12. The van der Waals surface area contributed by atoms with Crippen LogP contribution in [0.25, 0.3) is 0 Å². The van der Waals surface area contributed by atoms with Crippen molar-refractivity contribution in [2.24, 2.45) is 17.5 Å². The summed E-state index contributed by atoms with van der Waals surface area (Å²) in [5.41, 5.74) is -0.371. The van der Waals surface area contributed by atoms with Crippen LogP contribution < -0.4 is 10.6 Å². The molecule has 1 amide bonds. The molecule has 1 rings (SSSR count). The molecule has 0 aliphatic rings. The van der Waals surface area contributed by atoms with Crippen LogP contribution in [0.1, 0.15) is 26.6 Å². The van der Waals surface area contributed by atoms with Crippen LogP contribution >= 0.6 is 0 Å². The summed E-state index contributed by atoms with van der Waals surface area (Å²) in [6.45, 7) is 7.44. The monoisotopic (exact) mass is 309 g/mol. The zero-order valence-electron chi connectivity index (χ0n) is 14.3. The molecule has 2 N–H and O–H groups in total. The Morgan fingerprint density at radius 2 is 2.00 bits per heavy atom. The van der Waals surface area contributed by atoms with Gasteiger partial charge in [-0.2, -0.15) is 5.10 Å². The first kappa shape index (κ1) is 17.9. The fraction of sp³-hybridized carbons (Fsp3) is 0.714. The van der Waals surface area contributed by atoms with Gasteiger partial charge in [0.1, 0.15) is 12.2 Å². The molecule has 0 spiro atoms. The summed E-state index contributed by atoms with van der Waals surface area (Å²) in [6, 6.07) is 0. The van der Waals surface area contributed by atoms with Crippen molar-refractivity contribution in [3.63, 3.8) is 0 Å². The number of guanidine groups is 1. The summed E-state index contributed by atoms with van der Waals surface area (Å²) < 4.78 is 1.73. The number of nitrogens with zero attached hydrogens (tertiary/aromatic N) is 5. The van der Waals surface area contributed by atoms with Gasteiger partial charge in [-0.05, 0) is 0 Å². The molecule has 0 aromatic carbocycles. The van der Waals surface area contributed by atoms with E-state index in [0.29, 0.717) is 19.6 Å². The Morgan fingerprint density at radius 3 is 2.50 bits per heavy atom.